The van der Waals surface area contributed by atoms with Crippen LogP contribution in [0.3, 0.4) is 0 Å². The van der Waals surface area contributed by atoms with E-state index in [1.54, 1.807) is 11.3 Å². The van der Waals surface area contributed by atoms with E-state index >= 15 is 0 Å². The van der Waals surface area contributed by atoms with E-state index in [1.807, 2.05) is 11.8 Å². The molecular formula is C14H16N2S2. The third kappa shape index (κ3) is 2.54. The van der Waals surface area contributed by atoms with Crippen molar-refractivity contribution in [2.75, 3.05) is 29.5 Å². The molecule has 2 aromatic rings. The quantitative estimate of drug-likeness (QED) is 0.832. The molecule has 1 aromatic carbocycles. The van der Waals surface area contributed by atoms with Crippen LogP contribution in [0.4, 0.5) is 5.13 Å². The Bertz CT molecular complexity index is 513. The molecule has 1 saturated heterocycles. The minimum atomic E-state index is 1.10. The van der Waals surface area contributed by atoms with Crippen molar-refractivity contribution in [3.05, 3.63) is 35.2 Å². The van der Waals surface area contributed by atoms with Gasteiger partial charge in [-0.2, -0.15) is 11.8 Å². The van der Waals surface area contributed by atoms with E-state index in [1.165, 1.54) is 27.8 Å². The van der Waals surface area contributed by atoms with Crippen molar-refractivity contribution in [1.29, 1.82) is 0 Å². The normalized spacial score (nSPS) is 15.9. The fraction of sp³-hybridized carbons (Fsp3) is 0.357. The monoisotopic (exact) mass is 276 g/mol. The number of thiazole rings is 1. The zero-order chi connectivity index (χ0) is 12.4. The molecule has 0 saturated carbocycles. The molecule has 0 unspecified atom stereocenters. The van der Waals surface area contributed by atoms with Crippen LogP contribution in [0.1, 0.15) is 5.56 Å². The number of rotatable bonds is 2. The second-order valence-corrected chi connectivity index (χ2v) is 6.54. The topological polar surface area (TPSA) is 16.1 Å². The molecule has 1 aromatic heterocycles. The molecule has 0 atom stereocenters. The van der Waals surface area contributed by atoms with Gasteiger partial charge in [-0.3, -0.25) is 0 Å². The number of nitrogens with zero attached hydrogens (tertiary/aromatic N) is 2. The minimum Gasteiger partial charge on any atom is -0.346 e. The van der Waals surface area contributed by atoms with Gasteiger partial charge in [0.15, 0.2) is 5.13 Å². The van der Waals surface area contributed by atoms with Crippen LogP contribution in [-0.4, -0.2) is 29.6 Å². The molecule has 0 N–H and O–H groups in total. The lowest BCUT2D eigenvalue weighted by Crippen LogP contribution is -2.32. The van der Waals surface area contributed by atoms with E-state index in [0.717, 1.165) is 18.8 Å². The van der Waals surface area contributed by atoms with Gasteiger partial charge in [0, 0.05) is 35.5 Å². The summed E-state index contributed by atoms with van der Waals surface area (Å²) in [6.45, 7) is 4.37. The van der Waals surface area contributed by atoms with Gasteiger partial charge in [0.1, 0.15) is 0 Å². The number of hydrogen-bond acceptors (Lipinski definition) is 4. The van der Waals surface area contributed by atoms with Crippen molar-refractivity contribution in [1.82, 2.24) is 4.98 Å². The highest BCUT2D eigenvalue weighted by atomic mass is 32.2. The van der Waals surface area contributed by atoms with Crippen LogP contribution < -0.4 is 4.90 Å². The number of anilines is 1. The molecule has 2 nitrogen and oxygen atoms in total. The first kappa shape index (κ1) is 12.1. The number of thioether (sulfide) groups is 1. The number of aryl methyl sites for hydroxylation is 1. The van der Waals surface area contributed by atoms with Gasteiger partial charge in [0.25, 0.3) is 0 Å². The van der Waals surface area contributed by atoms with E-state index < -0.39 is 0 Å². The van der Waals surface area contributed by atoms with Gasteiger partial charge in [-0.15, -0.1) is 11.3 Å². The second-order valence-electron chi connectivity index (χ2n) is 4.48. The summed E-state index contributed by atoms with van der Waals surface area (Å²) >= 11 is 3.79. The maximum absolute atomic E-state index is 4.77. The zero-order valence-electron chi connectivity index (χ0n) is 10.4. The first-order chi connectivity index (χ1) is 8.83. The van der Waals surface area contributed by atoms with E-state index in [-0.39, 0.29) is 0 Å². The molecule has 1 aliphatic heterocycles. The average molecular weight is 276 g/mol. The third-order valence-electron chi connectivity index (χ3n) is 3.12. The van der Waals surface area contributed by atoms with Crippen LogP contribution in [0, 0.1) is 6.92 Å². The second kappa shape index (κ2) is 5.33. The van der Waals surface area contributed by atoms with Crippen molar-refractivity contribution < 1.29 is 0 Å². The summed E-state index contributed by atoms with van der Waals surface area (Å²) in [5.74, 6) is 2.44. The third-order valence-corrected chi connectivity index (χ3v) is 4.96. The maximum Gasteiger partial charge on any atom is 0.185 e. The molecule has 1 fully saturated rings. The van der Waals surface area contributed by atoms with Crippen molar-refractivity contribution >= 4 is 28.2 Å². The first-order valence-corrected chi connectivity index (χ1v) is 8.21. The van der Waals surface area contributed by atoms with Crippen LogP contribution >= 0.6 is 23.1 Å². The summed E-state index contributed by atoms with van der Waals surface area (Å²) in [6, 6.07) is 8.60. The van der Waals surface area contributed by atoms with Gasteiger partial charge in [0.05, 0.1) is 5.69 Å². The van der Waals surface area contributed by atoms with Gasteiger partial charge in [-0.1, -0.05) is 29.8 Å². The molecule has 0 bridgehead atoms. The Morgan fingerprint density at radius 1 is 1.11 bits per heavy atom. The zero-order valence-corrected chi connectivity index (χ0v) is 12.1. The molecule has 0 radical (unpaired) electrons. The molecule has 0 aliphatic carbocycles. The van der Waals surface area contributed by atoms with E-state index in [4.69, 9.17) is 4.98 Å². The Morgan fingerprint density at radius 2 is 1.83 bits per heavy atom. The predicted molar refractivity (Wildman–Crippen MR) is 81.8 cm³/mol. The van der Waals surface area contributed by atoms with Crippen molar-refractivity contribution in [3.8, 4) is 11.3 Å². The summed E-state index contributed by atoms with van der Waals surface area (Å²) in [4.78, 5) is 7.17. The van der Waals surface area contributed by atoms with Crippen LogP contribution in [0.15, 0.2) is 29.6 Å². The fourth-order valence-electron chi connectivity index (χ4n) is 2.02. The molecule has 94 valence electrons. The van der Waals surface area contributed by atoms with Gasteiger partial charge >= 0.3 is 0 Å². The van der Waals surface area contributed by atoms with Crippen LogP contribution in [-0.2, 0) is 0 Å². The highest BCUT2D eigenvalue weighted by Gasteiger charge is 2.14. The molecule has 1 aliphatic rings. The van der Waals surface area contributed by atoms with Gasteiger partial charge in [-0.25, -0.2) is 4.98 Å². The lowest BCUT2D eigenvalue weighted by atomic mass is 10.1. The Balaban J connectivity index is 1.82. The van der Waals surface area contributed by atoms with Gasteiger partial charge in [-0.05, 0) is 6.92 Å². The molecule has 3 rings (SSSR count). The smallest absolute Gasteiger partial charge is 0.185 e. The van der Waals surface area contributed by atoms with Gasteiger partial charge in [0.2, 0.25) is 0 Å². The standard InChI is InChI=1S/C14H16N2S2/c1-11-2-4-12(5-3-11)13-10-18-14(15-13)16-6-8-17-9-7-16/h2-5,10H,6-9H2,1H3. The number of benzene rings is 1. The molecule has 18 heavy (non-hydrogen) atoms. The summed E-state index contributed by atoms with van der Waals surface area (Å²) in [5, 5.41) is 3.34. The summed E-state index contributed by atoms with van der Waals surface area (Å²) in [6.07, 6.45) is 0. The van der Waals surface area contributed by atoms with E-state index in [9.17, 15) is 0 Å². The summed E-state index contributed by atoms with van der Waals surface area (Å²) in [7, 11) is 0. The molecule has 0 amide bonds. The molecular weight excluding hydrogens is 260 g/mol. The van der Waals surface area contributed by atoms with Gasteiger partial charge < -0.3 is 4.90 Å². The summed E-state index contributed by atoms with van der Waals surface area (Å²) in [5.41, 5.74) is 3.62. The first-order valence-electron chi connectivity index (χ1n) is 6.18. The lowest BCUT2D eigenvalue weighted by Gasteiger charge is -2.25. The molecule has 4 heteroatoms. The number of aromatic nitrogens is 1. The van der Waals surface area contributed by atoms with Crippen LogP contribution in [0.5, 0.6) is 0 Å². The molecule has 2 heterocycles. The Labute approximate surface area is 116 Å². The van der Waals surface area contributed by atoms with Crippen LogP contribution in [0.2, 0.25) is 0 Å². The van der Waals surface area contributed by atoms with Crippen molar-refractivity contribution in [2.45, 2.75) is 6.92 Å². The predicted octanol–water partition coefficient (Wildman–Crippen LogP) is 3.67. The Morgan fingerprint density at radius 3 is 2.56 bits per heavy atom. The largest absolute Gasteiger partial charge is 0.346 e. The SMILES string of the molecule is Cc1ccc(-c2csc(N3CCSCC3)n2)cc1. The highest BCUT2D eigenvalue weighted by molar-refractivity contribution is 7.99. The maximum atomic E-state index is 4.77. The van der Waals surface area contributed by atoms with E-state index in [2.05, 4.69) is 41.5 Å². The summed E-state index contributed by atoms with van der Waals surface area (Å²) < 4.78 is 0. The van der Waals surface area contributed by atoms with Crippen molar-refractivity contribution in [2.24, 2.45) is 0 Å². The lowest BCUT2D eigenvalue weighted by molar-refractivity contribution is 0.853. The minimum absolute atomic E-state index is 1.10. The van der Waals surface area contributed by atoms with Crippen LogP contribution in [0.25, 0.3) is 11.3 Å². The Hall–Kier alpha value is -1.00. The molecule has 0 spiro atoms. The Kier molecular flexibility index (Phi) is 3.57. The fourth-order valence-corrected chi connectivity index (χ4v) is 3.81. The van der Waals surface area contributed by atoms with E-state index in [0.29, 0.717) is 0 Å². The average Bonchev–Trinajstić information content (AvgIpc) is 2.90. The van der Waals surface area contributed by atoms with Crippen molar-refractivity contribution in [3.63, 3.8) is 0 Å². The highest BCUT2D eigenvalue weighted by Crippen LogP contribution is 2.28. The number of hydrogen-bond donors (Lipinski definition) is 0.